The second-order valence-electron chi connectivity index (χ2n) is 7.60. The van der Waals surface area contributed by atoms with Crippen LogP contribution >= 0.6 is 11.3 Å². The lowest BCUT2D eigenvalue weighted by molar-refractivity contribution is -0.274. The standard InChI is InChI=1S/C19H22F3N3O3S/c1-18(2,25-15(26)11-6-4-3-5-7-11)16(27)24-17-23-13-9-8-12(10-14(13)29-17)28-19(20,21)22/h8-11H,3-7H2,1-2H3,(H,25,26)(H,23,24,27). The van der Waals surface area contributed by atoms with Gasteiger partial charge in [-0.3, -0.25) is 14.9 Å². The van der Waals surface area contributed by atoms with Crippen LogP contribution in [0.1, 0.15) is 46.0 Å². The van der Waals surface area contributed by atoms with E-state index in [1.54, 1.807) is 13.8 Å². The molecule has 1 aromatic heterocycles. The molecule has 0 atom stereocenters. The third kappa shape index (κ3) is 5.59. The Hall–Kier alpha value is -2.36. The first-order valence-corrected chi connectivity index (χ1v) is 10.1. The van der Waals surface area contributed by atoms with Crippen molar-refractivity contribution in [2.45, 2.75) is 57.9 Å². The number of halogens is 3. The summed E-state index contributed by atoms with van der Waals surface area (Å²) in [6.45, 7) is 3.21. The third-order valence-corrected chi connectivity index (χ3v) is 5.73. The molecule has 29 heavy (non-hydrogen) atoms. The first kappa shape index (κ1) is 21.4. The van der Waals surface area contributed by atoms with Gasteiger partial charge in [-0.2, -0.15) is 0 Å². The Balaban J connectivity index is 1.67. The molecule has 1 saturated carbocycles. The van der Waals surface area contributed by atoms with Gasteiger partial charge in [0.2, 0.25) is 5.91 Å². The van der Waals surface area contributed by atoms with E-state index < -0.39 is 17.8 Å². The Labute approximate surface area is 169 Å². The summed E-state index contributed by atoms with van der Waals surface area (Å²) in [6.07, 6.45) is 0.0113. The fraction of sp³-hybridized carbons (Fsp3) is 0.526. The Kier molecular flexibility index (Phi) is 6.02. The van der Waals surface area contributed by atoms with Crippen molar-refractivity contribution in [3.63, 3.8) is 0 Å². The van der Waals surface area contributed by atoms with Crippen molar-refractivity contribution in [3.8, 4) is 5.75 Å². The summed E-state index contributed by atoms with van der Waals surface area (Å²) in [4.78, 5) is 29.3. The lowest BCUT2D eigenvalue weighted by Gasteiger charge is -2.28. The molecular formula is C19H22F3N3O3S. The van der Waals surface area contributed by atoms with Crippen LogP contribution in [0.25, 0.3) is 10.2 Å². The van der Waals surface area contributed by atoms with Gasteiger partial charge in [-0.05, 0) is 38.8 Å². The van der Waals surface area contributed by atoms with Gasteiger partial charge in [0.1, 0.15) is 11.3 Å². The SMILES string of the molecule is CC(C)(NC(=O)C1CCCCC1)C(=O)Nc1nc2ccc(OC(F)(F)F)cc2s1. The molecule has 10 heteroatoms. The highest BCUT2D eigenvalue weighted by Gasteiger charge is 2.33. The first-order chi connectivity index (χ1) is 13.5. The molecule has 3 rings (SSSR count). The average Bonchev–Trinajstić information content (AvgIpc) is 3.02. The van der Waals surface area contributed by atoms with Crippen molar-refractivity contribution in [2.75, 3.05) is 5.32 Å². The van der Waals surface area contributed by atoms with Crippen molar-refractivity contribution in [3.05, 3.63) is 18.2 Å². The van der Waals surface area contributed by atoms with E-state index in [4.69, 9.17) is 0 Å². The highest BCUT2D eigenvalue weighted by Crippen LogP contribution is 2.32. The summed E-state index contributed by atoms with van der Waals surface area (Å²) >= 11 is 1.03. The summed E-state index contributed by atoms with van der Waals surface area (Å²) in [5, 5.41) is 5.66. The molecule has 1 fully saturated rings. The number of alkyl halides is 3. The Morgan fingerprint density at radius 3 is 2.52 bits per heavy atom. The quantitative estimate of drug-likeness (QED) is 0.728. The molecule has 1 heterocycles. The number of nitrogens with one attached hydrogen (secondary N) is 2. The largest absolute Gasteiger partial charge is 0.573 e. The number of ether oxygens (including phenoxy) is 1. The van der Waals surface area contributed by atoms with E-state index in [1.165, 1.54) is 12.1 Å². The fourth-order valence-corrected chi connectivity index (χ4v) is 4.13. The smallest absolute Gasteiger partial charge is 0.406 e. The van der Waals surface area contributed by atoms with Gasteiger partial charge in [0.25, 0.3) is 5.91 Å². The van der Waals surface area contributed by atoms with Crippen LogP contribution in [0.5, 0.6) is 5.75 Å². The van der Waals surface area contributed by atoms with E-state index in [0.29, 0.717) is 10.2 Å². The maximum atomic E-state index is 12.7. The van der Waals surface area contributed by atoms with Gasteiger partial charge < -0.3 is 10.1 Å². The minimum Gasteiger partial charge on any atom is -0.406 e. The van der Waals surface area contributed by atoms with Crippen LogP contribution in [0, 0.1) is 5.92 Å². The van der Waals surface area contributed by atoms with Crippen molar-refractivity contribution < 1.29 is 27.5 Å². The molecule has 1 aliphatic rings. The number of thiazole rings is 1. The molecule has 1 aliphatic carbocycles. The Bertz CT molecular complexity index is 905. The van der Waals surface area contributed by atoms with E-state index >= 15 is 0 Å². The van der Waals surface area contributed by atoms with Gasteiger partial charge in [0.05, 0.1) is 10.2 Å². The normalized spacial score (nSPS) is 15.9. The fourth-order valence-electron chi connectivity index (χ4n) is 3.24. The molecule has 6 nitrogen and oxygen atoms in total. The highest BCUT2D eigenvalue weighted by molar-refractivity contribution is 7.22. The van der Waals surface area contributed by atoms with Crippen molar-refractivity contribution in [1.29, 1.82) is 0 Å². The molecule has 0 saturated heterocycles. The molecule has 0 bridgehead atoms. The summed E-state index contributed by atoms with van der Waals surface area (Å²) < 4.78 is 41.4. The van der Waals surface area contributed by atoms with Gasteiger partial charge in [0, 0.05) is 12.0 Å². The van der Waals surface area contributed by atoms with E-state index in [0.717, 1.165) is 49.5 Å². The molecule has 0 radical (unpaired) electrons. The number of carbonyl (C=O) groups is 2. The number of aromatic nitrogens is 1. The Morgan fingerprint density at radius 1 is 1.17 bits per heavy atom. The van der Waals surface area contributed by atoms with Crippen LogP contribution in [-0.4, -0.2) is 28.7 Å². The summed E-state index contributed by atoms with van der Waals surface area (Å²) in [6, 6.07) is 3.76. The predicted molar refractivity (Wildman–Crippen MR) is 104 cm³/mol. The zero-order valence-corrected chi connectivity index (χ0v) is 16.9. The number of benzene rings is 1. The van der Waals surface area contributed by atoms with E-state index in [9.17, 15) is 22.8 Å². The number of amides is 2. The lowest BCUT2D eigenvalue weighted by atomic mass is 9.88. The van der Waals surface area contributed by atoms with Gasteiger partial charge in [-0.25, -0.2) is 4.98 Å². The zero-order valence-electron chi connectivity index (χ0n) is 16.1. The monoisotopic (exact) mass is 429 g/mol. The number of carbonyl (C=O) groups excluding carboxylic acids is 2. The van der Waals surface area contributed by atoms with Gasteiger partial charge in [-0.1, -0.05) is 30.6 Å². The molecule has 0 spiro atoms. The zero-order chi connectivity index (χ0) is 21.2. The average molecular weight is 429 g/mol. The highest BCUT2D eigenvalue weighted by atomic mass is 32.1. The second kappa shape index (κ2) is 8.17. The van der Waals surface area contributed by atoms with E-state index in [1.807, 2.05) is 0 Å². The first-order valence-electron chi connectivity index (χ1n) is 9.33. The molecule has 158 valence electrons. The van der Waals surface area contributed by atoms with Crippen LogP contribution in [0.3, 0.4) is 0 Å². The third-order valence-electron chi connectivity index (χ3n) is 4.79. The van der Waals surface area contributed by atoms with E-state index in [-0.39, 0.29) is 22.7 Å². The minimum atomic E-state index is -4.78. The molecule has 2 aromatic rings. The van der Waals surface area contributed by atoms with Gasteiger partial charge >= 0.3 is 6.36 Å². The second-order valence-corrected chi connectivity index (χ2v) is 8.63. The van der Waals surface area contributed by atoms with Crippen LogP contribution in [0.15, 0.2) is 18.2 Å². The van der Waals surface area contributed by atoms with Crippen molar-refractivity contribution >= 4 is 38.5 Å². The van der Waals surface area contributed by atoms with Gasteiger partial charge in [-0.15, -0.1) is 13.2 Å². The summed E-state index contributed by atoms with van der Waals surface area (Å²) in [5.41, 5.74) is -0.722. The molecule has 0 unspecified atom stereocenters. The maximum Gasteiger partial charge on any atom is 0.573 e. The molecule has 2 amide bonds. The van der Waals surface area contributed by atoms with Crippen molar-refractivity contribution in [1.82, 2.24) is 10.3 Å². The predicted octanol–water partition coefficient (Wildman–Crippen LogP) is 4.61. The lowest BCUT2D eigenvalue weighted by Crippen LogP contribution is -2.54. The molecular weight excluding hydrogens is 407 g/mol. The van der Waals surface area contributed by atoms with Crippen LogP contribution in [0.4, 0.5) is 18.3 Å². The molecule has 0 aliphatic heterocycles. The van der Waals surface area contributed by atoms with Crippen molar-refractivity contribution in [2.24, 2.45) is 5.92 Å². The number of fused-ring (bicyclic) bond motifs is 1. The van der Waals surface area contributed by atoms with E-state index in [2.05, 4.69) is 20.4 Å². The number of hydrogen-bond donors (Lipinski definition) is 2. The topological polar surface area (TPSA) is 80.3 Å². The molecule has 1 aromatic carbocycles. The molecule has 2 N–H and O–H groups in total. The summed E-state index contributed by atoms with van der Waals surface area (Å²) in [7, 11) is 0. The van der Waals surface area contributed by atoms with Crippen LogP contribution in [-0.2, 0) is 9.59 Å². The van der Waals surface area contributed by atoms with Crippen LogP contribution < -0.4 is 15.4 Å². The number of nitrogens with zero attached hydrogens (tertiary/aromatic N) is 1. The minimum absolute atomic E-state index is 0.0784. The van der Waals surface area contributed by atoms with Gasteiger partial charge in [0.15, 0.2) is 5.13 Å². The number of anilines is 1. The summed E-state index contributed by atoms with van der Waals surface area (Å²) in [5.74, 6) is -1.02. The maximum absolute atomic E-state index is 12.7. The number of rotatable bonds is 5. The Morgan fingerprint density at radius 2 is 1.86 bits per heavy atom. The number of hydrogen-bond acceptors (Lipinski definition) is 5. The van der Waals surface area contributed by atoms with Crippen LogP contribution in [0.2, 0.25) is 0 Å².